The van der Waals surface area contributed by atoms with Crippen molar-refractivity contribution in [2.75, 3.05) is 4.90 Å². The van der Waals surface area contributed by atoms with Crippen molar-refractivity contribution in [3.8, 4) is 5.75 Å². The number of hydrogen-bond donors (Lipinski definition) is 0. The minimum Gasteiger partial charge on any atom is -0.489 e. The largest absolute Gasteiger partial charge is 0.489 e. The summed E-state index contributed by atoms with van der Waals surface area (Å²) in [5, 5.41) is 0. The van der Waals surface area contributed by atoms with Crippen LogP contribution in [0.1, 0.15) is 48.3 Å². The lowest BCUT2D eigenvalue weighted by Gasteiger charge is -2.38. The highest BCUT2D eigenvalue weighted by molar-refractivity contribution is 6.07. The summed E-state index contributed by atoms with van der Waals surface area (Å²) in [5.41, 5.74) is 4.89. The first kappa shape index (κ1) is 22.1. The number of nitrogens with zero attached hydrogens (tertiary/aromatic N) is 1. The van der Waals surface area contributed by atoms with Crippen LogP contribution in [0.3, 0.4) is 0 Å². The fourth-order valence-electron chi connectivity index (χ4n) is 4.92. The van der Waals surface area contributed by atoms with Crippen molar-refractivity contribution >= 4 is 17.4 Å². The normalized spacial score (nSPS) is 18.2. The minimum absolute atomic E-state index is 0.00364. The van der Waals surface area contributed by atoms with E-state index in [0.29, 0.717) is 24.2 Å². The average molecular weight is 456 g/mol. The lowest BCUT2D eigenvalue weighted by atomic mass is 9.77. The summed E-state index contributed by atoms with van der Waals surface area (Å²) in [4.78, 5) is 28.1. The predicted molar refractivity (Wildman–Crippen MR) is 129 cm³/mol. The molecule has 0 N–H and O–H groups in total. The average Bonchev–Trinajstić information content (AvgIpc) is 2.83. The second kappa shape index (κ2) is 9.26. The number of aryl methyl sites for hydroxylation is 1. The third kappa shape index (κ3) is 4.26. The van der Waals surface area contributed by atoms with E-state index >= 15 is 0 Å². The molecule has 0 radical (unpaired) electrons. The van der Waals surface area contributed by atoms with Gasteiger partial charge in [-0.1, -0.05) is 42.5 Å². The van der Waals surface area contributed by atoms with E-state index in [1.165, 1.54) is 6.07 Å². The molecule has 2 aliphatic rings. The minimum atomic E-state index is -0.298. The molecule has 1 amide bonds. The number of carbonyl (C=O) groups is 2. The second-order valence-corrected chi connectivity index (χ2v) is 8.91. The molecule has 0 saturated carbocycles. The van der Waals surface area contributed by atoms with Crippen molar-refractivity contribution in [3.63, 3.8) is 0 Å². The summed E-state index contributed by atoms with van der Waals surface area (Å²) in [6, 6.07) is 21.8. The first-order valence-corrected chi connectivity index (χ1v) is 11.6. The van der Waals surface area contributed by atoms with Crippen molar-refractivity contribution in [3.05, 3.63) is 107 Å². The summed E-state index contributed by atoms with van der Waals surface area (Å²) < 4.78 is 19.6. The van der Waals surface area contributed by atoms with E-state index in [1.807, 2.05) is 55.5 Å². The van der Waals surface area contributed by atoms with Crippen LogP contribution in [0.2, 0.25) is 0 Å². The first-order valence-electron chi connectivity index (χ1n) is 11.6. The molecule has 4 nitrogen and oxygen atoms in total. The molecule has 0 spiro atoms. The van der Waals surface area contributed by atoms with Gasteiger partial charge in [-0.3, -0.25) is 14.5 Å². The Labute approximate surface area is 198 Å². The van der Waals surface area contributed by atoms with Gasteiger partial charge in [0.2, 0.25) is 5.91 Å². The number of carbonyl (C=O) groups excluding carboxylic acids is 2. The molecule has 0 saturated heterocycles. The van der Waals surface area contributed by atoms with E-state index in [-0.39, 0.29) is 36.5 Å². The summed E-state index contributed by atoms with van der Waals surface area (Å²) >= 11 is 0. The number of rotatable bonds is 5. The Morgan fingerprint density at radius 2 is 1.76 bits per heavy atom. The molecule has 3 aromatic carbocycles. The summed E-state index contributed by atoms with van der Waals surface area (Å²) in [6.07, 6.45) is 2.22. The highest BCUT2D eigenvalue weighted by atomic mass is 19.1. The predicted octanol–water partition coefficient (Wildman–Crippen LogP) is 6.24. The number of anilines is 1. The van der Waals surface area contributed by atoms with Crippen LogP contribution in [-0.4, -0.2) is 11.7 Å². The standard InChI is InChI=1S/C29H26FNO3/c1-19-6-4-8-22(16-19)31-26-10-5-11-27(32)29(26)24(17-28(31)33)20-12-14-23(15-13-20)34-18-21-7-2-3-9-25(21)30/h2-4,6-9,12-16,24H,5,10-11,17-18H2,1H3. The fraction of sp³-hybridized carbons (Fsp3) is 0.241. The number of hydrogen-bond acceptors (Lipinski definition) is 3. The molecule has 0 fully saturated rings. The SMILES string of the molecule is Cc1cccc(N2C(=O)CC(c3ccc(OCc4ccccc4F)cc3)C3=C2CCCC3=O)c1. The quantitative estimate of drug-likeness (QED) is 0.457. The highest BCUT2D eigenvalue weighted by Gasteiger charge is 2.39. The molecule has 0 aromatic heterocycles. The van der Waals surface area contributed by atoms with E-state index < -0.39 is 0 Å². The summed E-state index contributed by atoms with van der Waals surface area (Å²) in [6.45, 7) is 2.13. The number of Topliss-reactive ketones (excluding diaryl/α,β-unsaturated/α-hetero) is 1. The molecule has 3 aromatic rings. The molecule has 1 unspecified atom stereocenters. The summed E-state index contributed by atoms with van der Waals surface area (Å²) in [5.74, 6) is 0.171. The molecular formula is C29H26FNO3. The van der Waals surface area contributed by atoms with E-state index in [9.17, 15) is 14.0 Å². The van der Waals surface area contributed by atoms with Crippen molar-refractivity contribution in [2.45, 2.75) is 45.1 Å². The number of halogens is 1. The lowest BCUT2D eigenvalue weighted by Crippen LogP contribution is -2.40. The molecule has 1 heterocycles. The van der Waals surface area contributed by atoms with Crippen LogP contribution < -0.4 is 9.64 Å². The molecule has 34 heavy (non-hydrogen) atoms. The molecule has 5 rings (SSSR count). The lowest BCUT2D eigenvalue weighted by molar-refractivity contribution is -0.119. The third-order valence-electron chi connectivity index (χ3n) is 6.57. The van der Waals surface area contributed by atoms with Gasteiger partial charge in [0.1, 0.15) is 18.2 Å². The van der Waals surface area contributed by atoms with Gasteiger partial charge in [-0.2, -0.15) is 0 Å². The van der Waals surface area contributed by atoms with Crippen LogP contribution >= 0.6 is 0 Å². The van der Waals surface area contributed by atoms with Gasteiger partial charge in [-0.25, -0.2) is 4.39 Å². The molecule has 5 heteroatoms. The van der Waals surface area contributed by atoms with Crippen LogP contribution in [0, 0.1) is 12.7 Å². The Bertz CT molecular complexity index is 1280. The Balaban J connectivity index is 1.43. The van der Waals surface area contributed by atoms with Crippen molar-refractivity contribution in [1.29, 1.82) is 0 Å². The Hall–Kier alpha value is -3.73. The monoisotopic (exact) mass is 455 g/mol. The van der Waals surface area contributed by atoms with Gasteiger partial charge >= 0.3 is 0 Å². The van der Waals surface area contributed by atoms with Gasteiger partial charge in [-0.05, 0) is 61.2 Å². The van der Waals surface area contributed by atoms with Gasteiger partial charge in [-0.15, -0.1) is 0 Å². The number of ketones is 1. The highest BCUT2D eigenvalue weighted by Crippen LogP contribution is 2.43. The van der Waals surface area contributed by atoms with E-state index in [1.54, 1.807) is 23.1 Å². The number of benzene rings is 3. The van der Waals surface area contributed by atoms with Crippen LogP contribution in [0.4, 0.5) is 10.1 Å². The van der Waals surface area contributed by atoms with E-state index in [2.05, 4.69) is 0 Å². The number of amides is 1. The van der Waals surface area contributed by atoms with Crippen LogP contribution in [0.25, 0.3) is 0 Å². The molecule has 0 bridgehead atoms. The molecule has 1 atom stereocenters. The Morgan fingerprint density at radius 3 is 2.53 bits per heavy atom. The van der Waals surface area contributed by atoms with Crippen LogP contribution in [0.15, 0.2) is 84.1 Å². The molecule has 1 aliphatic heterocycles. The number of ether oxygens (including phenoxy) is 1. The van der Waals surface area contributed by atoms with Gasteiger partial charge in [0, 0.05) is 41.3 Å². The zero-order chi connectivity index (χ0) is 23.7. The van der Waals surface area contributed by atoms with E-state index in [0.717, 1.165) is 34.5 Å². The van der Waals surface area contributed by atoms with Crippen LogP contribution in [0.5, 0.6) is 5.75 Å². The Morgan fingerprint density at radius 1 is 0.971 bits per heavy atom. The Kier molecular flexibility index (Phi) is 6.01. The van der Waals surface area contributed by atoms with Gasteiger partial charge < -0.3 is 4.74 Å². The van der Waals surface area contributed by atoms with Crippen molar-refractivity contribution in [2.24, 2.45) is 0 Å². The maximum absolute atomic E-state index is 13.9. The molecule has 172 valence electrons. The summed E-state index contributed by atoms with van der Waals surface area (Å²) in [7, 11) is 0. The second-order valence-electron chi connectivity index (χ2n) is 8.91. The van der Waals surface area contributed by atoms with Gasteiger partial charge in [0.05, 0.1) is 0 Å². The number of allylic oxidation sites excluding steroid dienone is 2. The van der Waals surface area contributed by atoms with Gasteiger partial charge in [0.15, 0.2) is 5.78 Å². The van der Waals surface area contributed by atoms with E-state index in [4.69, 9.17) is 4.74 Å². The van der Waals surface area contributed by atoms with Crippen LogP contribution in [-0.2, 0) is 16.2 Å². The molecule has 1 aliphatic carbocycles. The fourth-order valence-corrected chi connectivity index (χ4v) is 4.92. The third-order valence-corrected chi connectivity index (χ3v) is 6.57. The van der Waals surface area contributed by atoms with Crippen molar-refractivity contribution in [1.82, 2.24) is 0 Å². The zero-order valence-electron chi connectivity index (χ0n) is 19.1. The maximum atomic E-state index is 13.9. The first-order chi connectivity index (χ1) is 16.5. The topological polar surface area (TPSA) is 46.6 Å². The van der Waals surface area contributed by atoms with Crippen molar-refractivity contribution < 1.29 is 18.7 Å². The maximum Gasteiger partial charge on any atom is 0.232 e. The van der Waals surface area contributed by atoms with Gasteiger partial charge in [0.25, 0.3) is 0 Å². The zero-order valence-corrected chi connectivity index (χ0v) is 19.1. The molecular weight excluding hydrogens is 429 g/mol. The smallest absolute Gasteiger partial charge is 0.232 e.